The lowest BCUT2D eigenvalue weighted by Gasteiger charge is -2.04. The SMILES string of the molecule is Fc1ccc(-c2ccncc2)cc1CCl. The van der Waals surface area contributed by atoms with Gasteiger partial charge in [0.1, 0.15) is 5.82 Å². The summed E-state index contributed by atoms with van der Waals surface area (Å²) in [6, 6.07) is 8.70. The first-order valence-corrected chi connectivity index (χ1v) is 5.09. The van der Waals surface area contributed by atoms with Crippen molar-refractivity contribution in [3.05, 3.63) is 54.1 Å². The van der Waals surface area contributed by atoms with Gasteiger partial charge in [0.15, 0.2) is 0 Å². The van der Waals surface area contributed by atoms with Crippen LogP contribution in [0.4, 0.5) is 4.39 Å². The summed E-state index contributed by atoms with van der Waals surface area (Å²) >= 11 is 5.64. The Bertz CT molecular complexity index is 456. The van der Waals surface area contributed by atoms with Gasteiger partial charge in [0, 0.05) is 18.0 Å². The zero-order chi connectivity index (χ0) is 10.7. The van der Waals surface area contributed by atoms with Crippen LogP contribution in [-0.4, -0.2) is 4.98 Å². The Morgan fingerprint density at radius 3 is 2.47 bits per heavy atom. The molecule has 0 atom stereocenters. The molecule has 0 N–H and O–H groups in total. The molecular weight excluding hydrogens is 213 g/mol. The van der Waals surface area contributed by atoms with E-state index in [9.17, 15) is 4.39 Å². The van der Waals surface area contributed by atoms with Gasteiger partial charge in [-0.2, -0.15) is 0 Å². The molecule has 0 amide bonds. The summed E-state index contributed by atoms with van der Waals surface area (Å²) in [7, 11) is 0. The summed E-state index contributed by atoms with van der Waals surface area (Å²) in [4.78, 5) is 3.93. The smallest absolute Gasteiger partial charge is 0.127 e. The maximum Gasteiger partial charge on any atom is 0.127 e. The fourth-order valence-electron chi connectivity index (χ4n) is 1.40. The summed E-state index contributed by atoms with van der Waals surface area (Å²) in [6.45, 7) is 0. The van der Waals surface area contributed by atoms with Crippen molar-refractivity contribution in [2.24, 2.45) is 0 Å². The van der Waals surface area contributed by atoms with E-state index >= 15 is 0 Å². The third kappa shape index (κ3) is 2.16. The standard InChI is InChI=1S/C12H9ClFN/c13-8-11-7-10(1-2-12(11)14)9-3-5-15-6-4-9/h1-7H,8H2. The zero-order valence-electron chi connectivity index (χ0n) is 7.95. The Kier molecular flexibility index (Phi) is 2.97. The molecule has 15 heavy (non-hydrogen) atoms. The number of hydrogen-bond donors (Lipinski definition) is 0. The molecule has 2 aromatic rings. The molecule has 0 spiro atoms. The minimum absolute atomic E-state index is 0.185. The van der Waals surface area contributed by atoms with Crippen molar-refractivity contribution in [1.29, 1.82) is 0 Å². The van der Waals surface area contributed by atoms with Gasteiger partial charge in [-0.05, 0) is 35.4 Å². The van der Waals surface area contributed by atoms with Gasteiger partial charge in [0.05, 0.1) is 5.88 Å². The Morgan fingerprint density at radius 1 is 1.07 bits per heavy atom. The van der Waals surface area contributed by atoms with E-state index in [-0.39, 0.29) is 11.7 Å². The molecule has 0 aliphatic carbocycles. The van der Waals surface area contributed by atoms with Crippen LogP contribution in [0, 0.1) is 5.82 Å². The maximum atomic E-state index is 13.2. The molecule has 0 saturated carbocycles. The van der Waals surface area contributed by atoms with Gasteiger partial charge < -0.3 is 0 Å². The lowest BCUT2D eigenvalue weighted by molar-refractivity contribution is 0.617. The number of halogens is 2. The Balaban J connectivity index is 2.46. The number of alkyl halides is 1. The average Bonchev–Trinajstić information content (AvgIpc) is 2.31. The quantitative estimate of drug-likeness (QED) is 0.706. The van der Waals surface area contributed by atoms with Gasteiger partial charge in [-0.1, -0.05) is 6.07 Å². The van der Waals surface area contributed by atoms with Crippen molar-refractivity contribution < 1.29 is 4.39 Å². The number of rotatable bonds is 2. The normalized spacial score (nSPS) is 10.3. The van der Waals surface area contributed by atoms with Crippen LogP contribution in [0.25, 0.3) is 11.1 Å². The summed E-state index contributed by atoms with van der Waals surface area (Å²) in [5.74, 6) is -0.0760. The minimum atomic E-state index is -0.261. The topological polar surface area (TPSA) is 12.9 Å². The number of aromatic nitrogens is 1. The van der Waals surface area contributed by atoms with Crippen molar-refractivity contribution in [3.8, 4) is 11.1 Å². The van der Waals surface area contributed by atoms with Gasteiger partial charge in [0.25, 0.3) is 0 Å². The van der Waals surface area contributed by atoms with Gasteiger partial charge in [-0.15, -0.1) is 11.6 Å². The molecule has 76 valence electrons. The zero-order valence-corrected chi connectivity index (χ0v) is 8.71. The highest BCUT2D eigenvalue weighted by Gasteiger charge is 2.03. The summed E-state index contributed by atoms with van der Waals surface area (Å²) in [5.41, 5.74) is 2.48. The molecule has 3 heteroatoms. The first kappa shape index (κ1) is 10.1. The van der Waals surface area contributed by atoms with Gasteiger partial charge >= 0.3 is 0 Å². The van der Waals surface area contributed by atoms with Crippen LogP contribution in [0.15, 0.2) is 42.7 Å². The van der Waals surface area contributed by atoms with E-state index in [0.29, 0.717) is 5.56 Å². The minimum Gasteiger partial charge on any atom is -0.265 e. The molecule has 0 unspecified atom stereocenters. The highest BCUT2D eigenvalue weighted by molar-refractivity contribution is 6.17. The molecule has 0 aliphatic heterocycles. The van der Waals surface area contributed by atoms with Crippen LogP contribution in [0.3, 0.4) is 0 Å². The average molecular weight is 222 g/mol. The molecule has 1 aromatic carbocycles. The van der Waals surface area contributed by atoms with Crippen molar-refractivity contribution in [2.75, 3.05) is 0 Å². The predicted molar refractivity (Wildman–Crippen MR) is 59.2 cm³/mol. The van der Waals surface area contributed by atoms with Crippen LogP contribution < -0.4 is 0 Å². The highest BCUT2D eigenvalue weighted by atomic mass is 35.5. The predicted octanol–water partition coefficient (Wildman–Crippen LogP) is 3.63. The molecule has 1 aromatic heterocycles. The second-order valence-electron chi connectivity index (χ2n) is 3.18. The van der Waals surface area contributed by atoms with Crippen LogP contribution in [0.1, 0.15) is 5.56 Å². The number of pyridine rings is 1. The van der Waals surface area contributed by atoms with Crippen LogP contribution in [0.2, 0.25) is 0 Å². The number of benzene rings is 1. The second kappa shape index (κ2) is 4.41. The third-order valence-corrected chi connectivity index (χ3v) is 2.49. The second-order valence-corrected chi connectivity index (χ2v) is 3.44. The monoisotopic (exact) mass is 221 g/mol. The summed E-state index contributed by atoms with van der Waals surface area (Å²) in [5, 5.41) is 0. The molecule has 1 heterocycles. The maximum absolute atomic E-state index is 13.2. The summed E-state index contributed by atoms with van der Waals surface area (Å²) < 4.78 is 13.2. The lowest BCUT2D eigenvalue weighted by Crippen LogP contribution is -1.87. The third-order valence-electron chi connectivity index (χ3n) is 2.20. The van der Waals surface area contributed by atoms with Crippen molar-refractivity contribution in [1.82, 2.24) is 4.98 Å². The molecule has 0 aliphatic rings. The molecule has 0 fully saturated rings. The van der Waals surface area contributed by atoms with Crippen LogP contribution in [-0.2, 0) is 5.88 Å². The first-order chi connectivity index (χ1) is 7.31. The van der Waals surface area contributed by atoms with E-state index in [1.54, 1.807) is 24.5 Å². The molecular formula is C12H9ClFN. The fraction of sp³-hybridized carbons (Fsp3) is 0.0833. The van der Waals surface area contributed by atoms with Gasteiger partial charge in [0.2, 0.25) is 0 Å². The molecule has 2 rings (SSSR count). The van der Waals surface area contributed by atoms with Crippen LogP contribution in [0.5, 0.6) is 0 Å². The van der Waals surface area contributed by atoms with E-state index in [2.05, 4.69) is 4.98 Å². The Labute approximate surface area is 92.5 Å². The molecule has 0 radical (unpaired) electrons. The van der Waals surface area contributed by atoms with Crippen LogP contribution >= 0.6 is 11.6 Å². The van der Waals surface area contributed by atoms with Crippen molar-refractivity contribution in [3.63, 3.8) is 0 Å². The number of hydrogen-bond acceptors (Lipinski definition) is 1. The fourth-order valence-corrected chi connectivity index (χ4v) is 1.61. The van der Waals surface area contributed by atoms with E-state index in [1.165, 1.54) is 6.07 Å². The van der Waals surface area contributed by atoms with Crippen molar-refractivity contribution in [2.45, 2.75) is 5.88 Å². The Hall–Kier alpha value is -1.41. The molecule has 0 bridgehead atoms. The van der Waals surface area contributed by atoms with E-state index < -0.39 is 0 Å². The largest absolute Gasteiger partial charge is 0.265 e. The van der Waals surface area contributed by atoms with Gasteiger partial charge in [-0.3, -0.25) is 4.98 Å². The Morgan fingerprint density at radius 2 is 1.80 bits per heavy atom. The molecule has 1 nitrogen and oxygen atoms in total. The molecule has 0 saturated heterocycles. The first-order valence-electron chi connectivity index (χ1n) is 4.56. The van der Waals surface area contributed by atoms with Crippen molar-refractivity contribution >= 4 is 11.6 Å². The van der Waals surface area contributed by atoms with Gasteiger partial charge in [-0.25, -0.2) is 4.39 Å². The summed E-state index contributed by atoms with van der Waals surface area (Å²) in [6.07, 6.45) is 3.41. The van der Waals surface area contributed by atoms with E-state index in [1.807, 2.05) is 12.1 Å². The van der Waals surface area contributed by atoms with E-state index in [4.69, 9.17) is 11.6 Å². The lowest BCUT2D eigenvalue weighted by atomic mass is 10.0. The van der Waals surface area contributed by atoms with E-state index in [0.717, 1.165) is 11.1 Å². The highest BCUT2D eigenvalue weighted by Crippen LogP contribution is 2.22. The number of nitrogens with zero attached hydrogens (tertiary/aromatic N) is 1.